The lowest BCUT2D eigenvalue weighted by atomic mass is 9.94. The van der Waals surface area contributed by atoms with Crippen LogP contribution in [0.25, 0.3) is 0 Å². The quantitative estimate of drug-likeness (QED) is 0.847. The van der Waals surface area contributed by atoms with E-state index in [1.54, 1.807) is 6.07 Å². The molecule has 0 spiro atoms. The van der Waals surface area contributed by atoms with Crippen LogP contribution in [0.5, 0.6) is 5.75 Å². The molecule has 104 valence electrons. The molecule has 20 heavy (non-hydrogen) atoms. The summed E-state index contributed by atoms with van der Waals surface area (Å²) in [5.41, 5.74) is 2.49. The van der Waals surface area contributed by atoms with Crippen molar-refractivity contribution in [3.8, 4) is 5.75 Å². The van der Waals surface area contributed by atoms with E-state index in [4.69, 9.17) is 16.3 Å². The Morgan fingerprint density at radius 3 is 2.80 bits per heavy atom. The number of fused-ring (bicyclic) bond motifs is 1. The molecule has 2 aromatic carbocycles. The molecule has 0 amide bonds. The van der Waals surface area contributed by atoms with E-state index in [-0.39, 0.29) is 11.9 Å². The highest BCUT2D eigenvalue weighted by Gasteiger charge is 2.28. The van der Waals surface area contributed by atoms with E-state index in [2.05, 4.69) is 0 Å². The van der Waals surface area contributed by atoms with Gasteiger partial charge in [0.05, 0.1) is 6.10 Å². The number of benzene rings is 2. The Kier molecular flexibility index (Phi) is 3.40. The number of halogens is 2. The second kappa shape index (κ2) is 5.08. The first-order chi connectivity index (χ1) is 9.54. The molecule has 2 unspecified atom stereocenters. The van der Waals surface area contributed by atoms with Crippen molar-refractivity contribution >= 4 is 11.6 Å². The maximum atomic E-state index is 13.3. The third kappa shape index (κ3) is 2.39. The van der Waals surface area contributed by atoms with Gasteiger partial charge in [-0.1, -0.05) is 23.7 Å². The normalized spacial score (nSPS) is 21.2. The van der Waals surface area contributed by atoms with Gasteiger partial charge < -0.3 is 9.84 Å². The van der Waals surface area contributed by atoms with Gasteiger partial charge in [-0.25, -0.2) is 4.39 Å². The van der Waals surface area contributed by atoms with Gasteiger partial charge in [-0.05, 0) is 36.2 Å². The van der Waals surface area contributed by atoms with Crippen LogP contribution in [0.1, 0.15) is 35.3 Å². The fraction of sp³-hybridized carbons (Fsp3) is 0.250. The van der Waals surface area contributed by atoms with Gasteiger partial charge in [-0.15, -0.1) is 0 Å². The summed E-state index contributed by atoms with van der Waals surface area (Å²) in [6, 6.07) is 9.86. The molecule has 3 rings (SSSR count). The molecule has 2 atom stereocenters. The van der Waals surface area contributed by atoms with Crippen LogP contribution in [-0.4, -0.2) is 5.11 Å². The molecule has 0 bridgehead atoms. The molecule has 0 fully saturated rings. The summed E-state index contributed by atoms with van der Waals surface area (Å²) in [6.07, 6.45) is -0.556. The van der Waals surface area contributed by atoms with E-state index in [0.717, 1.165) is 11.1 Å². The lowest BCUT2D eigenvalue weighted by Crippen LogP contribution is -2.19. The van der Waals surface area contributed by atoms with Gasteiger partial charge in [-0.3, -0.25) is 0 Å². The average molecular weight is 293 g/mol. The topological polar surface area (TPSA) is 29.5 Å². The predicted octanol–water partition coefficient (Wildman–Crippen LogP) is 4.34. The zero-order valence-corrected chi connectivity index (χ0v) is 11.7. The Bertz CT molecular complexity index is 657. The fourth-order valence-electron chi connectivity index (χ4n) is 2.43. The molecule has 0 aromatic heterocycles. The lowest BCUT2D eigenvalue weighted by molar-refractivity contribution is 0.0654. The van der Waals surface area contributed by atoms with Crippen LogP contribution < -0.4 is 4.74 Å². The molecule has 2 nitrogen and oxygen atoms in total. The third-order valence-corrected chi connectivity index (χ3v) is 4.02. The highest BCUT2D eigenvalue weighted by molar-refractivity contribution is 6.31. The molecule has 0 aliphatic carbocycles. The first-order valence-corrected chi connectivity index (χ1v) is 6.82. The van der Waals surface area contributed by atoms with Gasteiger partial charge in [0.15, 0.2) is 0 Å². The highest BCUT2D eigenvalue weighted by atomic mass is 35.5. The molecular weight excluding hydrogens is 279 g/mol. The smallest absolute Gasteiger partial charge is 0.128 e. The summed E-state index contributed by atoms with van der Waals surface area (Å²) >= 11 is 6.12. The van der Waals surface area contributed by atoms with E-state index >= 15 is 0 Å². The Labute approximate surface area is 121 Å². The van der Waals surface area contributed by atoms with Crippen LogP contribution in [-0.2, 0) is 0 Å². The number of hydrogen-bond acceptors (Lipinski definition) is 2. The van der Waals surface area contributed by atoms with E-state index < -0.39 is 6.10 Å². The van der Waals surface area contributed by atoms with Gasteiger partial charge in [0, 0.05) is 23.1 Å². The predicted molar refractivity (Wildman–Crippen MR) is 75.5 cm³/mol. The van der Waals surface area contributed by atoms with Crippen molar-refractivity contribution in [2.24, 2.45) is 0 Å². The Morgan fingerprint density at radius 2 is 2.05 bits per heavy atom. The van der Waals surface area contributed by atoms with Crippen molar-refractivity contribution in [2.45, 2.75) is 25.6 Å². The van der Waals surface area contributed by atoms with Crippen LogP contribution in [0.3, 0.4) is 0 Å². The van der Waals surface area contributed by atoms with Crippen LogP contribution in [0, 0.1) is 12.7 Å². The monoisotopic (exact) mass is 292 g/mol. The summed E-state index contributed by atoms with van der Waals surface area (Å²) < 4.78 is 19.1. The van der Waals surface area contributed by atoms with Crippen molar-refractivity contribution < 1.29 is 14.2 Å². The number of aliphatic hydroxyl groups excluding tert-OH is 1. The molecule has 0 saturated heterocycles. The molecule has 1 aliphatic rings. The summed E-state index contributed by atoms with van der Waals surface area (Å²) in [6.45, 7) is 1.92. The Balaban J connectivity index is 1.96. The van der Waals surface area contributed by atoms with Crippen molar-refractivity contribution in [3.63, 3.8) is 0 Å². The van der Waals surface area contributed by atoms with E-state index in [0.29, 0.717) is 22.8 Å². The molecule has 0 saturated carbocycles. The van der Waals surface area contributed by atoms with Gasteiger partial charge in [0.2, 0.25) is 0 Å². The Morgan fingerprint density at radius 1 is 1.25 bits per heavy atom. The second-order valence-electron chi connectivity index (χ2n) is 5.05. The summed E-state index contributed by atoms with van der Waals surface area (Å²) in [7, 11) is 0. The van der Waals surface area contributed by atoms with Crippen LogP contribution in [0.2, 0.25) is 5.02 Å². The number of aryl methyl sites for hydroxylation is 1. The average Bonchev–Trinajstić information content (AvgIpc) is 2.41. The molecule has 1 heterocycles. The summed E-state index contributed by atoms with van der Waals surface area (Å²) in [5.74, 6) is 0.0176. The minimum Gasteiger partial charge on any atom is -0.485 e. The molecule has 1 N–H and O–H groups in total. The molecule has 1 aliphatic heterocycles. The van der Waals surface area contributed by atoms with Gasteiger partial charge in [-0.2, -0.15) is 0 Å². The van der Waals surface area contributed by atoms with Crippen molar-refractivity contribution in [3.05, 3.63) is 63.9 Å². The van der Waals surface area contributed by atoms with Crippen molar-refractivity contribution in [2.75, 3.05) is 0 Å². The Hall–Kier alpha value is -1.58. The molecular formula is C16H14ClFO2. The van der Waals surface area contributed by atoms with Crippen LogP contribution in [0.15, 0.2) is 36.4 Å². The second-order valence-corrected chi connectivity index (χ2v) is 5.46. The maximum Gasteiger partial charge on any atom is 0.128 e. The largest absolute Gasteiger partial charge is 0.485 e. The summed E-state index contributed by atoms with van der Waals surface area (Å²) in [4.78, 5) is 0. The zero-order valence-electron chi connectivity index (χ0n) is 10.9. The summed E-state index contributed by atoms with van der Waals surface area (Å²) in [5, 5.41) is 10.8. The first-order valence-electron chi connectivity index (χ1n) is 6.45. The van der Waals surface area contributed by atoms with Crippen LogP contribution in [0.4, 0.5) is 4.39 Å². The number of hydrogen-bond donors (Lipinski definition) is 1. The van der Waals surface area contributed by atoms with Crippen LogP contribution >= 0.6 is 11.6 Å². The highest BCUT2D eigenvalue weighted by Crippen LogP contribution is 2.41. The van der Waals surface area contributed by atoms with Crippen molar-refractivity contribution in [1.29, 1.82) is 0 Å². The molecule has 0 radical (unpaired) electrons. The molecule has 2 aromatic rings. The number of rotatable bonds is 1. The number of ether oxygens (including phenoxy) is 1. The van der Waals surface area contributed by atoms with E-state index in [1.807, 2.05) is 25.1 Å². The fourth-order valence-corrected chi connectivity index (χ4v) is 2.62. The van der Waals surface area contributed by atoms with E-state index in [1.165, 1.54) is 12.1 Å². The first kappa shape index (κ1) is 13.4. The minimum absolute atomic E-state index is 0.322. The SMILES string of the molecule is Cc1ccc(C2CC(O)c3ccc(F)cc3O2)cc1Cl. The zero-order chi connectivity index (χ0) is 14.3. The van der Waals surface area contributed by atoms with Gasteiger partial charge >= 0.3 is 0 Å². The minimum atomic E-state index is -0.663. The third-order valence-electron chi connectivity index (χ3n) is 3.61. The maximum absolute atomic E-state index is 13.3. The van der Waals surface area contributed by atoms with Gasteiger partial charge in [0.1, 0.15) is 17.7 Å². The molecule has 4 heteroatoms. The number of aliphatic hydroxyl groups is 1. The standard InChI is InChI=1S/C16H14ClFO2/c1-9-2-3-10(6-13(9)17)15-8-14(19)12-5-4-11(18)7-16(12)20-15/h2-7,14-15,19H,8H2,1H3. The van der Waals surface area contributed by atoms with Crippen molar-refractivity contribution in [1.82, 2.24) is 0 Å². The van der Waals surface area contributed by atoms with Gasteiger partial charge in [0.25, 0.3) is 0 Å². The van der Waals surface area contributed by atoms with E-state index in [9.17, 15) is 9.50 Å². The lowest BCUT2D eigenvalue weighted by Gasteiger charge is -2.30.